The molecule has 3 nitrogen and oxygen atoms in total. The third-order valence-electron chi connectivity index (χ3n) is 4.22. The number of hydrogen-bond acceptors (Lipinski definition) is 3. The number of nitrogens with one attached hydrogen (secondary N) is 1. The van der Waals surface area contributed by atoms with E-state index in [4.69, 9.17) is 4.74 Å². The lowest BCUT2D eigenvalue weighted by Gasteiger charge is -2.15. The van der Waals surface area contributed by atoms with E-state index in [0.717, 1.165) is 17.9 Å². The van der Waals surface area contributed by atoms with Crippen LogP contribution in [0.2, 0.25) is 0 Å². The zero-order valence-corrected chi connectivity index (χ0v) is 13.1. The molecule has 0 heterocycles. The highest BCUT2D eigenvalue weighted by Crippen LogP contribution is 2.24. The minimum atomic E-state index is 0.171. The van der Waals surface area contributed by atoms with Crippen LogP contribution < -0.4 is 10.1 Å². The van der Waals surface area contributed by atoms with Gasteiger partial charge in [-0.1, -0.05) is 37.8 Å². The van der Waals surface area contributed by atoms with Crippen molar-refractivity contribution in [3.63, 3.8) is 0 Å². The average molecular weight is 289 g/mol. The van der Waals surface area contributed by atoms with Gasteiger partial charge in [0.05, 0.1) is 6.61 Å². The van der Waals surface area contributed by atoms with Crippen molar-refractivity contribution >= 4 is 5.78 Å². The highest BCUT2D eigenvalue weighted by Gasteiger charge is 2.13. The number of Topliss-reactive ketones (excluding diaryl/α,β-unsaturated/α-hetero) is 1. The lowest BCUT2D eigenvalue weighted by molar-refractivity contribution is 0.0982. The van der Waals surface area contributed by atoms with E-state index in [-0.39, 0.29) is 5.78 Å². The van der Waals surface area contributed by atoms with E-state index in [1.165, 1.54) is 38.5 Å². The number of carbonyl (C=O) groups is 1. The normalized spacial score (nSPS) is 16.4. The maximum atomic E-state index is 12.0. The van der Waals surface area contributed by atoms with Crippen molar-refractivity contribution in [2.45, 2.75) is 44.9 Å². The van der Waals surface area contributed by atoms with Crippen molar-refractivity contribution in [2.24, 2.45) is 5.92 Å². The summed E-state index contributed by atoms with van der Waals surface area (Å²) < 4.78 is 5.93. The molecule has 2 rings (SSSR count). The van der Waals surface area contributed by atoms with Gasteiger partial charge in [-0.05, 0) is 37.9 Å². The summed E-state index contributed by atoms with van der Waals surface area (Å²) in [6.07, 6.45) is 8.48. The summed E-state index contributed by atoms with van der Waals surface area (Å²) in [4.78, 5) is 12.0. The third kappa shape index (κ3) is 5.50. The maximum Gasteiger partial charge on any atom is 0.164 e. The summed E-state index contributed by atoms with van der Waals surface area (Å²) in [6.45, 7) is 1.50. The van der Waals surface area contributed by atoms with Crippen LogP contribution in [0.25, 0.3) is 0 Å². The lowest BCUT2D eigenvalue weighted by Crippen LogP contribution is -2.13. The largest absolute Gasteiger partial charge is 0.493 e. The third-order valence-corrected chi connectivity index (χ3v) is 4.22. The molecule has 0 unspecified atom stereocenters. The van der Waals surface area contributed by atoms with Gasteiger partial charge in [-0.25, -0.2) is 0 Å². The zero-order chi connectivity index (χ0) is 14.9. The second-order valence-electron chi connectivity index (χ2n) is 5.97. The van der Waals surface area contributed by atoms with Gasteiger partial charge in [0.1, 0.15) is 5.75 Å². The first-order valence-electron chi connectivity index (χ1n) is 8.20. The molecule has 1 fully saturated rings. The number of ether oxygens (including phenoxy) is 1. The number of ketones is 1. The van der Waals surface area contributed by atoms with Crippen LogP contribution in [0.4, 0.5) is 0 Å². The van der Waals surface area contributed by atoms with E-state index in [2.05, 4.69) is 5.32 Å². The fourth-order valence-corrected chi connectivity index (χ4v) is 2.89. The van der Waals surface area contributed by atoms with Crippen molar-refractivity contribution in [3.8, 4) is 5.75 Å². The molecule has 0 aliphatic heterocycles. The van der Waals surface area contributed by atoms with Crippen LogP contribution in [0.5, 0.6) is 5.75 Å². The van der Waals surface area contributed by atoms with Crippen molar-refractivity contribution in [3.05, 3.63) is 29.8 Å². The molecule has 1 N–H and O–H groups in total. The molecule has 1 saturated carbocycles. The van der Waals surface area contributed by atoms with E-state index in [9.17, 15) is 4.79 Å². The van der Waals surface area contributed by atoms with Gasteiger partial charge >= 0.3 is 0 Å². The first-order chi connectivity index (χ1) is 10.3. The molecule has 1 aromatic carbocycles. The van der Waals surface area contributed by atoms with Crippen LogP contribution in [0.15, 0.2) is 24.3 Å². The Morgan fingerprint density at radius 1 is 1.24 bits per heavy atom. The molecule has 0 spiro atoms. The fourth-order valence-electron chi connectivity index (χ4n) is 2.89. The van der Waals surface area contributed by atoms with Gasteiger partial charge in [0.25, 0.3) is 0 Å². The zero-order valence-electron chi connectivity index (χ0n) is 13.1. The topological polar surface area (TPSA) is 38.3 Å². The Balaban J connectivity index is 1.86. The molecule has 0 aromatic heterocycles. The van der Waals surface area contributed by atoms with Crippen LogP contribution in [-0.2, 0) is 0 Å². The minimum absolute atomic E-state index is 0.171. The quantitative estimate of drug-likeness (QED) is 0.612. The Bertz CT molecular complexity index is 437. The van der Waals surface area contributed by atoms with Crippen molar-refractivity contribution in [1.29, 1.82) is 0 Å². The van der Waals surface area contributed by atoms with E-state index in [0.29, 0.717) is 18.9 Å². The molecular weight excluding hydrogens is 262 g/mol. The van der Waals surface area contributed by atoms with Gasteiger partial charge in [0.15, 0.2) is 5.78 Å². The summed E-state index contributed by atoms with van der Waals surface area (Å²) >= 11 is 0. The molecule has 1 aliphatic carbocycles. The van der Waals surface area contributed by atoms with Crippen LogP contribution in [0.3, 0.4) is 0 Å². The maximum absolute atomic E-state index is 12.0. The van der Waals surface area contributed by atoms with Crippen molar-refractivity contribution < 1.29 is 9.53 Å². The van der Waals surface area contributed by atoms with E-state index in [1.807, 2.05) is 31.3 Å². The molecule has 1 aliphatic rings. The molecule has 116 valence electrons. The molecule has 0 amide bonds. The lowest BCUT2D eigenvalue weighted by atomic mass is 10.0. The van der Waals surface area contributed by atoms with Gasteiger partial charge < -0.3 is 10.1 Å². The molecule has 0 atom stereocenters. The van der Waals surface area contributed by atoms with Crippen LogP contribution in [-0.4, -0.2) is 26.0 Å². The number of rotatable bonds is 7. The summed E-state index contributed by atoms with van der Waals surface area (Å²) in [5.74, 6) is 1.68. The minimum Gasteiger partial charge on any atom is -0.493 e. The number of carbonyl (C=O) groups excluding carboxylic acids is 1. The van der Waals surface area contributed by atoms with Gasteiger partial charge in [-0.3, -0.25) is 4.79 Å². The Hall–Kier alpha value is -1.35. The van der Waals surface area contributed by atoms with Gasteiger partial charge in [0.2, 0.25) is 0 Å². The Morgan fingerprint density at radius 2 is 2.00 bits per heavy atom. The molecular formula is C18H27NO2. The van der Waals surface area contributed by atoms with Crippen LogP contribution >= 0.6 is 0 Å². The van der Waals surface area contributed by atoms with Gasteiger partial charge in [-0.15, -0.1) is 0 Å². The monoisotopic (exact) mass is 289 g/mol. The first kappa shape index (κ1) is 16.0. The Morgan fingerprint density at radius 3 is 2.71 bits per heavy atom. The predicted molar refractivity (Wildman–Crippen MR) is 86.0 cm³/mol. The SMILES string of the molecule is CNCCC(=O)c1cccc(OCC2CCCCCC2)c1. The summed E-state index contributed by atoms with van der Waals surface area (Å²) in [7, 11) is 1.86. The summed E-state index contributed by atoms with van der Waals surface area (Å²) in [5.41, 5.74) is 0.753. The number of benzene rings is 1. The number of hydrogen-bond donors (Lipinski definition) is 1. The molecule has 21 heavy (non-hydrogen) atoms. The van der Waals surface area contributed by atoms with Crippen LogP contribution in [0.1, 0.15) is 55.3 Å². The Labute approximate surface area is 128 Å². The van der Waals surface area contributed by atoms with Crippen molar-refractivity contribution in [2.75, 3.05) is 20.2 Å². The van der Waals surface area contributed by atoms with E-state index >= 15 is 0 Å². The van der Waals surface area contributed by atoms with E-state index < -0.39 is 0 Å². The summed E-state index contributed by atoms with van der Waals surface area (Å²) in [6, 6.07) is 7.62. The van der Waals surface area contributed by atoms with Gasteiger partial charge in [-0.2, -0.15) is 0 Å². The standard InChI is InChI=1S/C18H27NO2/c1-19-12-11-18(20)16-9-6-10-17(13-16)21-14-15-7-4-2-3-5-8-15/h6,9-10,13,15,19H,2-5,7-8,11-12,14H2,1H3. The predicted octanol–water partition coefficient (Wildman–Crippen LogP) is 3.83. The second-order valence-corrected chi connectivity index (χ2v) is 5.97. The highest BCUT2D eigenvalue weighted by molar-refractivity contribution is 5.96. The Kier molecular flexibility index (Phi) is 6.74. The van der Waals surface area contributed by atoms with Crippen LogP contribution in [0, 0.1) is 5.92 Å². The molecule has 0 saturated heterocycles. The van der Waals surface area contributed by atoms with E-state index in [1.54, 1.807) is 0 Å². The molecule has 0 radical (unpaired) electrons. The molecule has 0 bridgehead atoms. The first-order valence-corrected chi connectivity index (χ1v) is 8.20. The second kappa shape index (κ2) is 8.83. The smallest absolute Gasteiger partial charge is 0.164 e. The van der Waals surface area contributed by atoms with Crippen molar-refractivity contribution in [1.82, 2.24) is 5.32 Å². The highest BCUT2D eigenvalue weighted by atomic mass is 16.5. The molecule has 1 aromatic rings. The summed E-state index contributed by atoms with van der Waals surface area (Å²) in [5, 5.41) is 3.00. The van der Waals surface area contributed by atoms with Gasteiger partial charge in [0, 0.05) is 18.5 Å². The molecule has 3 heteroatoms. The fraction of sp³-hybridized carbons (Fsp3) is 0.611. The average Bonchev–Trinajstić information content (AvgIpc) is 2.79.